The molecular weight excluding hydrogens is 605 g/mol. The van der Waals surface area contributed by atoms with Gasteiger partial charge in [-0.3, -0.25) is 0 Å². The Hall–Kier alpha value is -6.17. The van der Waals surface area contributed by atoms with Crippen molar-refractivity contribution in [3.63, 3.8) is 0 Å². The third-order valence-corrected chi connectivity index (χ3v) is 10.4. The van der Waals surface area contributed by atoms with E-state index in [0.717, 1.165) is 16.7 Å². The third kappa shape index (κ3) is 4.25. The molecule has 0 aliphatic rings. The summed E-state index contributed by atoms with van der Waals surface area (Å²) in [5.41, 5.74) is 6.51. The molecule has 4 nitrogen and oxygen atoms in total. The fourth-order valence-corrected chi connectivity index (χ4v) is 8.20. The first-order chi connectivity index (χ1) is 23.8. The number of para-hydroxylation sites is 1. The molecule has 224 valence electrons. The van der Waals surface area contributed by atoms with Gasteiger partial charge in [0, 0.05) is 42.9 Å². The minimum absolute atomic E-state index is 0.663. The Morgan fingerprint density at radius 2 is 1.00 bits per heavy atom. The molecule has 3 aromatic heterocycles. The van der Waals surface area contributed by atoms with E-state index in [4.69, 9.17) is 15.0 Å². The van der Waals surface area contributed by atoms with Crippen LogP contribution in [-0.4, -0.2) is 19.5 Å². The number of fused-ring (bicyclic) bond motifs is 7. The van der Waals surface area contributed by atoms with Gasteiger partial charge in [0.2, 0.25) is 0 Å². The summed E-state index contributed by atoms with van der Waals surface area (Å²) >= 11 is 1.83. The van der Waals surface area contributed by atoms with Crippen LogP contribution in [-0.2, 0) is 0 Å². The van der Waals surface area contributed by atoms with E-state index in [1.165, 1.54) is 58.4 Å². The molecule has 0 unspecified atom stereocenters. The second kappa shape index (κ2) is 10.7. The molecule has 0 amide bonds. The van der Waals surface area contributed by atoms with Gasteiger partial charge in [0.1, 0.15) is 0 Å². The fourth-order valence-electron chi connectivity index (χ4n) is 6.95. The highest BCUT2D eigenvalue weighted by Crippen LogP contribution is 2.42. The number of benzene rings is 7. The number of hydrogen-bond donors (Lipinski definition) is 0. The Morgan fingerprint density at radius 1 is 0.396 bits per heavy atom. The lowest BCUT2D eigenvalue weighted by Crippen LogP contribution is -1.99. The number of aromatic nitrogens is 4. The maximum absolute atomic E-state index is 4.99. The van der Waals surface area contributed by atoms with Crippen LogP contribution in [0.4, 0.5) is 0 Å². The number of rotatable bonds is 4. The SMILES string of the molecule is c1ccc(-c2nc(-c3ccccc3)nc(-c3ccc4c(c3)sc3c(-n5c6ccccc6c6cc7ccccc7cc65)cccc34)n2)cc1. The smallest absolute Gasteiger partial charge is 0.164 e. The van der Waals surface area contributed by atoms with Crippen molar-refractivity contribution in [2.24, 2.45) is 0 Å². The van der Waals surface area contributed by atoms with Crippen LogP contribution in [0.1, 0.15) is 0 Å². The molecule has 0 aliphatic carbocycles. The van der Waals surface area contributed by atoms with Crippen LogP contribution < -0.4 is 0 Å². The molecule has 0 fully saturated rings. The molecule has 0 spiro atoms. The summed E-state index contributed by atoms with van der Waals surface area (Å²) < 4.78 is 4.90. The van der Waals surface area contributed by atoms with E-state index in [9.17, 15) is 0 Å². The molecule has 10 aromatic rings. The molecule has 10 rings (SSSR count). The Labute approximate surface area is 280 Å². The Balaban J connectivity index is 1.18. The summed E-state index contributed by atoms with van der Waals surface area (Å²) in [7, 11) is 0. The molecule has 5 heteroatoms. The molecule has 0 saturated carbocycles. The molecule has 3 heterocycles. The topological polar surface area (TPSA) is 43.6 Å². The average molecular weight is 631 g/mol. The Bertz CT molecular complexity index is 2780. The lowest BCUT2D eigenvalue weighted by molar-refractivity contribution is 1.07. The van der Waals surface area contributed by atoms with Crippen LogP contribution in [0.25, 0.3) is 92.6 Å². The van der Waals surface area contributed by atoms with Crippen molar-refractivity contribution < 1.29 is 0 Å². The van der Waals surface area contributed by atoms with Gasteiger partial charge in [-0.05, 0) is 41.1 Å². The molecule has 0 saturated heterocycles. The zero-order chi connectivity index (χ0) is 31.6. The zero-order valence-electron chi connectivity index (χ0n) is 25.7. The summed E-state index contributed by atoms with van der Waals surface area (Å²) in [6.07, 6.45) is 0. The van der Waals surface area contributed by atoms with Crippen LogP contribution in [0.15, 0.2) is 158 Å². The molecule has 0 N–H and O–H groups in total. The highest BCUT2D eigenvalue weighted by molar-refractivity contribution is 7.26. The van der Waals surface area contributed by atoms with E-state index in [1.807, 2.05) is 72.0 Å². The predicted molar refractivity (Wildman–Crippen MR) is 201 cm³/mol. The first-order valence-electron chi connectivity index (χ1n) is 16.0. The molecule has 48 heavy (non-hydrogen) atoms. The van der Waals surface area contributed by atoms with Gasteiger partial charge in [-0.25, -0.2) is 15.0 Å². The maximum Gasteiger partial charge on any atom is 0.164 e. The van der Waals surface area contributed by atoms with Crippen LogP contribution in [0, 0.1) is 0 Å². The average Bonchev–Trinajstić information content (AvgIpc) is 3.69. The molecule has 0 radical (unpaired) electrons. The predicted octanol–water partition coefficient (Wildman–Crippen LogP) is 11.5. The van der Waals surface area contributed by atoms with Crippen LogP contribution in [0.2, 0.25) is 0 Å². The normalized spacial score (nSPS) is 11.8. The minimum Gasteiger partial charge on any atom is -0.308 e. The standard InChI is InChI=1S/C43H26N4S/c1-3-12-27(13-4-1)41-44-42(28-14-5-2-6-15-28)46-43(45-41)31-22-23-33-34-19-11-21-37(40(34)48-39(33)26-31)47-36-20-10-9-18-32(36)35-24-29-16-7-8-17-30(29)25-38(35)47/h1-26H. The van der Waals surface area contributed by atoms with Crippen LogP contribution >= 0.6 is 11.3 Å². The highest BCUT2D eigenvalue weighted by atomic mass is 32.1. The summed E-state index contributed by atoms with van der Waals surface area (Å²) in [6.45, 7) is 0. The van der Waals surface area contributed by atoms with Gasteiger partial charge in [0.15, 0.2) is 17.5 Å². The van der Waals surface area contributed by atoms with Crippen molar-refractivity contribution in [3.8, 4) is 39.9 Å². The number of hydrogen-bond acceptors (Lipinski definition) is 4. The van der Waals surface area contributed by atoms with E-state index in [1.54, 1.807) is 0 Å². The summed E-state index contributed by atoms with van der Waals surface area (Å²) in [4.78, 5) is 14.9. The van der Waals surface area contributed by atoms with E-state index >= 15 is 0 Å². The quantitative estimate of drug-likeness (QED) is 0.194. The van der Waals surface area contributed by atoms with Gasteiger partial charge in [0.05, 0.1) is 21.4 Å². The molecule has 0 aliphatic heterocycles. The molecule has 7 aromatic carbocycles. The lowest BCUT2D eigenvalue weighted by atomic mass is 10.1. The van der Waals surface area contributed by atoms with Crippen molar-refractivity contribution in [2.75, 3.05) is 0 Å². The van der Waals surface area contributed by atoms with Gasteiger partial charge in [-0.1, -0.05) is 127 Å². The minimum atomic E-state index is 0.663. The van der Waals surface area contributed by atoms with Gasteiger partial charge in [0.25, 0.3) is 0 Å². The lowest BCUT2D eigenvalue weighted by Gasteiger charge is -2.10. The van der Waals surface area contributed by atoms with Gasteiger partial charge >= 0.3 is 0 Å². The first-order valence-corrected chi connectivity index (χ1v) is 16.9. The second-order valence-corrected chi connectivity index (χ2v) is 13.1. The van der Waals surface area contributed by atoms with E-state index in [0.29, 0.717) is 17.5 Å². The fraction of sp³-hybridized carbons (Fsp3) is 0. The van der Waals surface area contributed by atoms with Crippen molar-refractivity contribution in [1.29, 1.82) is 0 Å². The van der Waals surface area contributed by atoms with Crippen LogP contribution in [0.5, 0.6) is 0 Å². The zero-order valence-corrected chi connectivity index (χ0v) is 26.5. The van der Waals surface area contributed by atoms with Crippen LogP contribution in [0.3, 0.4) is 0 Å². The summed E-state index contributed by atoms with van der Waals surface area (Å²) in [5, 5.41) is 7.50. The monoisotopic (exact) mass is 630 g/mol. The highest BCUT2D eigenvalue weighted by Gasteiger charge is 2.18. The first kappa shape index (κ1) is 27.0. The van der Waals surface area contributed by atoms with E-state index in [2.05, 4.69) is 102 Å². The largest absolute Gasteiger partial charge is 0.308 e. The van der Waals surface area contributed by atoms with Crippen molar-refractivity contribution in [1.82, 2.24) is 19.5 Å². The molecule has 0 bridgehead atoms. The van der Waals surface area contributed by atoms with E-state index < -0.39 is 0 Å². The Kier molecular flexibility index (Phi) is 6.01. The number of nitrogens with zero attached hydrogens (tertiary/aromatic N) is 4. The second-order valence-electron chi connectivity index (χ2n) is 12.1. The Morgan fingerprint density at radius 3 is 1.73 bits per heavy atom. The van der Waals surface area contributed by atoms with E-state index in [-0.39, 0.29) is 0 Å². The molecule has 0 atom stereocenters. The van der Waals surface area contributed by atoms with Gasteiger partial charge in [-0.15, -0.1) is 11.3 Å². The van der Waals surface area contributed by atoms with Gasteiger partial charge < -0.3 is 4.57 Å². The maximum atomic E-state index is 4.99. The number of thiophene rings is 1. The van der Waals surface area contributed by atoms with Gasteiger partial charge in [-0.2, -0.15) is 0 Å². The molecular formula is C43H26N4S. The van der Waals surface area contributed by atoms with Crippen molar-refractivity contribution in [3.05, 3.63) is 158 Å². The summed E-state index contributed by atoms with van der Waals surface area (Å²) in [5.74, 6) is 1.99. The third-order valence-electron chi connectivity index (χ3n) is 9.22. The van der Waals surface area contributed by atoms with Crippen molar-refractivity contribution >= 4 is 64.1 Å². The van der Waals surface area contributed by atoms with Crippen molar-refractivity contribution in [2.45, 2.75) is 0 Å². The summed E-state index contributed by atoms with van der Waals surface area (Å²) in [6, 6.07) is 55.6.